The fourth-order valence-corrected chi connectivity index (χ4v) is 2.04. The van der Waals surface area contributed by atoms with Crippen molar-refractivity contribution in [1.29, 1.82) is 0 Å². The summed E-state index contributed by atoms with van der Waals surface area (Å²) in [5, 5.41) is 0. The molecule has 4 heteroatoms. The largest absolute Gasteiger partial charge is 0.382 e. The van der Waals surface area contributed by atoms with Crippen LogP contribution in [0.2, 0.25) is 0 Å². The van der Waals surface area contributed by atoms with Gasteiger partial charge in [0.25, 0.3) is 7.42 Å². The first kappa shape index (κ1) is 13.8. The Kier molecular flexibility index (Phi) is 11.5. The second kappa shape index (κ2) is 10.8. The van der Waals surface area contributed by atoms with Crippen LogP contribution in [0, 0.1) is 0 Å². The first-order chi connectivity index (χ1) is 6.27. The maximum Gasteiger partial charge on any atom is 0.261 e. The minimum atomic E-state index is -1.52. The lowest BCUT2D eigenvalue weighted by molar-refractivity contribution is 0.171. The van der Waals surface area contributed by atoms with Gasteiger partial charge in [-0.25, -0.2) is 0 Å². The average molecular weight is 243 g/mol. The number of unbranched alkanes of at least 4 members (excludes halogenated alkanes) is 5. The van der Waals surface area contributed by atoms with E-state index in [1.807, 2.05) is 0 Å². The quantitative estimate of drug-likeness (QED) is 0.341. The van der Waals surface area contributed by atoms with E-state index in [-0.39, 0.29) is 0 Å². The summed E-state index contributed by atoms with van der Waals surface area (Å²) >= 11 is 11.3. The summed E-state index contributed by atoms with van der Waals surface area (Å²) in [6, 6.07) is 0. The van der Waals surface area contributed by atoms with E-state index in [1.165, 1.54) is 32.1 Å². The molecule has 13 heavy (non-hydrogen) atoms. The van der Waals surface area contributed by atoms with E-state index in [1.54, 1.807) is 0 Å². The third-order valence-electron chi connectivity index (χ3n) is 1.89. The molecule has 0 radical (unpaired) electrons. The van der Waals surface area contributed by atoms with Crippen LogP contribution in [0.25, 0.3) is 0 Å². The Morgan fingerprint density at radius 1 is 1.00 bits per heavy atom. The molecule has 0 saturated carbocycles. The van der Waals surface area contributed by atoms with Crippen LogP contribution in [-0.2, 0) is 4.74 Å². The van der Waals surface area contributed by atoms with E-state index in [4.69, 9.17) is 26.9 Å². The van der Waals surface area contributed by atoms with Gasteiger partial charge in [0.2, 0.25) is 0 Å². The molecular weight excluding hydrogens is 223 g/mol. The first-order valence-electron chi connectivity index (χ1n) is 5.13. The molecule has 0 saturated heterocycles. The van der Waals surface area contributed by atoms with Gasteiger partial charge in [-0.1, -0.05) is 39.0 Å². The highest BCUT2D eigenvalue weighted by molar-refractivity contribution is 7.33. The molecule has 0 atom stereocenters. The van der Waals surface area contributed by atoms with Crippen molar-refractivity contribution in [2.24, 2.45) is 0 Å². The molecule has 0 unspecified atom stereocenters. The summed E-state index contributed by atoms with van der Waals surface area (Å²) in [4.78, 5) is 0. The zero-order valence-electron chi connectivity index (χ0n) is 8.40. The molecule has 0 rings (SSSR count). The molecule has 0 aromatic carbocycles. The van der Waals surface area contributed by atoms with Crippen molar-refractivity contribution in [3.63, 3.8) is 0 Å². The number of rotatable bonds is 9. The predicted octanol–water partition coefficient (Wildman–Crippen LogP) is 3.60. The van der Waals surface area contributed by atoms with Gasteiger partial charge in [0.15, 0.2) is 0 Å². The van der Waals surface area contributed by atoms with E-state index in [2.05, 4.69) is 6.92 Å². The van der Waals surface area contributed by atoms with Crippen molar-refractivity contribution >= 4 is 29.6 Å². The molecule has 0 aliphatic carbocycles. The molecule has 80 valence electrons. The minimum Gasteiger partial charge on any atom is -0.382 e. The fourth-order valence-electron chi connectivity index (χ4n) is 1.16. The SMILES string of the molecule is CCCCCCCCOC[SiH](Cl)Cl. The van der Waals surface area contributed by atoms with Crippen molar-refractivity contribution in [2.45, 2.75) is 45.4 Å². The molecule has 0 bridgehead atoms. The molecule has 0 aliphatic rings. The van der Waals surface area contributed by atoms with E-state index in [0.29, 0.717) is 6.23 Å². The zero-order chi connectivity index (χ0) is 9.94. The Hall–Kier alpha value is 0.757. The predicted molar refractivity (Wildman–Crippen MR) is 63.1 cm³/mol. The van der Waals surface area contributed by atoms with Gasteiger partial charge in [-0.3, -0.25) is 0 Å². The molecule has 0 amide bonds. The van der Waals surface area contributed by atoms with Crippen molar-refractivity contribution < 1.29 is 4.74 Å². The zero-order valence-corrected chi connectivity index (χ0v) is 11.1. The molecule has 0 aromatic rings. The smallest absolute Gasteiger partial charge is 0.261 e. The molecule has 0 heterocycles. The van der Waals surface area contributed by atoms with E-state index < -0.39 is 7.42 Å². The van der Waals surface area contributed by atoms with E-state index >= 15 is 0 Å². The van der Waals surface area contributed by atoms with Crippen molar-refractivity contribution in [2.75, 3.05) is 12.8 Å². The van der Waals surface area contributed by atoms with Crippen LogP contribution in [0.1, 0.15) is 45.4 Å². The Bertz CT molecular complexity index is 102. The summed E-state index contributed by atoms with van der Waals surface area (Å²) in [5.74, 6) is 0. The third kappa shape index (κ3) is 12.8. The highest BCUT2D eigenvalue weighted by atomic mass is 35.7. The van der Waals surface area contributed by atoms with Crippen molar-refractivity contribution in [3.05, 3.63) is 0 Å². The van der Waals surface area contributed by atoms with Gasteiger partial charge in [-0.15, -0.1) is 22.2 Å². The summed E-state index contributed by atoms with van der Waals surface area (Å²) in [5.41, 5.74) is 0. The van der Waals surface area contributed by atoms with E-state index in [9.17, 15) is 0 Å². The lowest BCUT2D eigenvalue weighted by Crippen LogP contribution is -2.07. The van der Waals surface area contributed by atoms with Crippen LogP contribution in [0.15, 0.2) is 0 Å². The van der Waals surface area contributed by atoms with E-state index in [0.717, 1.165) is 13.0 Å². The first-order valence-corrected chi connectivity index (χ1v) is 9.44. The minimum absolute atomic E-state index is 0.595. The van der Waals surface area contributed by atoms with Gasteiger partial charge in [-0.05, 0) is 6.42 Å². The van der Waals surface area contributed by atoms with Crippen LogP contribution in [0.3, 0.4) is 0 Å². The van der Waals surface area contributed by atoms with Gasteiger partial charge in [-0.2, -0.15) is 0 Å². The van der Waals surface area contributed by atoms with Crippen molar-refractivity contribution in [1.82, 2.24) is 0 Å². The van der Waals surface area contributed by atoms with Crippen LogP contribution < -0.4 is 0 Å². The number of halogens is 2. The van der Waals surface area contributed by atoms with Crippen molar-refractivity contribution in [3.8, 4) is 0 Å². The Morgan fingerprint density at radius 2 is 1.62 bits per heavy atom. The monoisotopic (exact) mass is 242 g/mol. The molecule has 0 spiro atoms. The highest BCUT2D eigenvalue weighted by Gasteiger charge is 2.00. The molecule has 1 nitrogen and oxygen atoms in total. The van der Waals surface area contributed by atoms with Crippen LogP contribution in [-0.4, -0.2) is 20.3 Å². The molecule has 0 N–H and O–H groups in total. The standard InChI is InChI=1S/C9H20Cl2OSi/c1-2-3-4-5-6-7-8-12-9-13(10)11/h13H,2-9H2,1H3. The maximum absolute atomic E-state index is 5.64. The number of hydrogen-bond donors (Lipinski definition) is 0. The number of hydrogen-bond acceptors (Lipinski definition) is 1. The molecule has 0 aliphatic heterocycles. The molecular formula is C9H20Cl2OSi. The van der Waals surface area contributed by atoms with Gasteiger partial charge < -0.3 is 4.74 Å². The normalized spacial score (nSPS) is 11.1. The summed E-state index contributed by atoms with van der Waals surface area (Å²) in [6.45, 7) is 3.06. The third-order valence-corrected chi connectivity index (χ3v) is 3.13. The molecule has 0 fully saturated rings. The summed E-state index contributed by atoms with van der Waals surface area (Å²) in [6.07, 6.45) is 8.38. The Balaban J connectivity index is 2.84. The van der Waals surface area contributed by atoms with Crippen LogP contribution in [0.4, 0.5) is 0 Å². The fraction of sp³-hybridized carbons (Fsp3) is 1.00. The Labute approximate surface area is 92.8 Å². The lowest BCUT2D eigenvalue weighted by atomic mass is 10.1. The lowest BCUT2D eigenvalue weighted by Gasteiger charge is -2.03. The average Bonchev–Trinajstić information content (AvgIpc) is 2.09. The van der Waals surface area contributed by atoms with Crippen LogP contribution in [0.5, 0.6) is 0 Å². The Morgan fingerprint density at radius 3 is 2.23 bits per heavy atom. The van der Waals surface area contributed by atoms with Gasteiger partial charge in [0.1, 0.15) is 0 Å². The summed E-state index contributed by atoms with van der Waals surface area (Å²) in [7, 11) is -1.52. The van der Waals surface area contributed by atoms with Gasteiger partial charge >= 0.3 is 0 Å². The maximum atomic E-state index is 5.64. The molecule has 0 aromatic heterocycles. The highest BCUT2D eigenvalue weighted by Crippen LogP contribution is 2.05. The number of ether oxygens (including phenoxy) is 1. The van der Waals surface area contributed by atoms with Crippen LogP contribution >= 0.6 is 22.2 Å². The second-order valence-corrected chi connectivity index (χ2v) is 8.18. The second-order valence-electron chi connectivity index (χ2n) is 3.23. The summed E-state index contributed by atoms with van der Waals surface area (Å²) < 4.78 is 5.30. The van der Waals surface area contributed by atoms with Gasteiger partial charge in [0.05, 0.1) is 6.23 Å². The topological polar surface area (TPSA) is 9.23 Å². The van der Waals surface area contributed by atoms with Gasteiger partial charge in [0, 0.05) is 6.61 Å².